The standard InChI is InChI=1S/C28H23ClN2O3/c29-24-15-13-22(14-16-24)19-33-25-10-6-9-23(17-25)18-30-31-28(32)26-11-4-5-12-27(26)34-20-21-7-2-1-3-8-21/h1-18H,19-20H2,(H,31,32)/b30-18-. The summed E-state index contributed by atoms with van der Waals surface area (Å²) in [6, 6.07) is 31.8. The third-order valence-corrected chi connectivity index (χ3v) is 5.18. The summed E-state index contributed by atoms with van der Waals surface area (Å²) in [4.78, 5) is 12.7. The molecule has 0 atom stereocenters. The van der Waals surface area contributed by atoms with E-state index < -0.39 is 0 Å². The van der Waals surface area contributed by atoms with Crippen LogP contribution in [0.2, 0.25) is 5.02 Å². The number of amides is 1. The molecule has 0 radical (unpaired) electrons. The normalized spacial score (nSPS) is 10.7. The maximum atomic E-state index is 12.7. The van der Waals surface area contributed by atoms with Crippen LogP contribution in [0.3, 0.4) is 0 Å². The van der Waals surface area contributed by atoms with Crippen molar-refractivity contribution in [2.24, 2.45) is 5.10 Å². The highest BCUT2D eigenvalue weighted by Crippen LogP contribution is 2.20. The van der Waals surface area contributed by atoms with Gasteiger partial charge in [-0.1, -0.05) is 78.3 Å². The quantitative estimate of drug-likeness (QED) is 0.232. The van der Waals surface area contributed by atoms with E-state index in [0.29, 0.717) is 35.3 Å². The van der Waals surface area contributed by atoms with E-state index in [9.17, 15) is 4.79 Å². The molecule has 0 spiro atoms. The molecule has 1 N–H and O–H groups in total. The molecule has 0 saturated carbocycles. The van der Waals surface area contributed by atoms with E-state index in [0.717, 1.165) is 16.7 Å². The van der Waals surface area contributed by atoms with Crippen molar-refractivity contribution in [1.82, 2.24) is 5.43 Å². The molecule has 0 aliphatic carbocycles. The molecule has 0 bridgehead atoms. The first-order valence-electron chi connectivity index (χ1n) is 10.7. The molecule has 34 heavy (non-hydrogen) atoms. The molecule has 4 aromatic carbocycles. The fraction of sp³-hybridized carbons (Fsp3) is 0.0714. The molecular formula is C28H23ClN2O3. The Bertz CT molecular complexity index is 1260. The Morgan fingerprint density at radius 3 is 2.32 bits per heavy atom. The van der Waals surface area contributed by atoms with Gasteiger partial charge in [0.25, 0.3) is 5.91 Å². The maximum absolute atomic E-state index is 12.7. The van der Waals surface area contributed by atoms with Gasteiger partial charge < -0.3 is 9.47 Å². The first-order chi connectivity index (χ1) is 16.7. The van der Waals surface area contributed by atoms with E-state index in [1.54, 1.807) is 24.4 Å². The molecular weight excluding hydrogens is 448 g/mol. The van der Waals surface area contributed by atoms with Crippen LogP contribution in [0.5, 0.6) is 11.5 Å². The Morgan fingerprint density at radius 1 is 0.794 bits per heavy atom. The van der Waals surface area contributed by atoms with Crippen LogP contribution >= 0.6 is 11.6 Å². The number of nitrogens with one attached hydrogen (secondary N) is 1. The molecule has 4 rings (SSSR count). The Labute approximate surface area is 203 Å². The molecule has 0 aromatic heterocycles. The summed E-state index contributed by atoms with van der Waals surface area (Å²) >= 11 is 5.92. The Hall–Kier alpha value is -4.09. The Balaban J connectivity index is 1.34. The third kappa shape index (κ3) is 6.70. The van der Waals surface area contributed by atoms with Gasteiger partial charge >= 0.3 is 0 Å². The number of rotatable bonds is 9. The summed E-state index contributed by atoms with van der Waals surface area (Å²) < 4.78 is 11.7. The van der Waals surface area contributed by atoms with Crippen LogP contribution in [0.15, 0.2) is 108 Å². The number of halogens is 1. The average molecular weight is 471 g/mol. The number of ether oxygens (including phenoxy) is 2. The van der Waals surface area contributed by atoms with Crippen molar-refractivity contribution in [2.75, 3.05) is 0 Å². The monoisotopic (exact) mass is 470 g/mol. The van der Waals surface area contributed by atoms with Gasteiger partial charge in [0, 0.05) is 5.02 Å². The lowest BCUT2D eigenvalue weighted by molar-refractivity contribution is 0.0950. The Morgan fingerprint density at radius 2 is 1.50 bits per heavy atom. The summed E-state index contributed by atoms with van der Waals surface area (Å²) in [7, 11) is 0. The SMILES string of the molecule is O=C(N/N=C\c1cccc(OCc2ccc(Cl)cc2)c1)c1ccccc1OCc1ccccc1. The smallest absolute Gasteiger partial charge is 0.275 e. The van der Waals surface area contributed by atoms with Crippen molar-refractivity contribution >= 4 is 23.7 Å². The highest BCUT2D eigenvalue weighted by Gasteiger charge is 2.11. The van der Waals surface area contributed by atoms with Crippen molar-refractivity contribution in [3.8, 4) is 11.5 Å². The van der Waals surface area contributed by atoms with Crippen LogP contribution in [0.1, 0.15) is 27.0 Å². The number of nitrogens with zero attached hydrogens (tertiary/aromatic N) is 1. The summed E-state index contributed by atoms with van der Waals surface area (Å²) in [5, 5.41) is 4.79. The predicted octanol–water partition coefficient (Wildman–Crippen LogP) is 6.26. The van der Waals surface area contributed by atoms with Crippen LogP contribution in [-0.2, 0) is 13.2 Å². The largest absolute Gasteiger partial charge is 0.489 e. The van der Waals surface area contributed by atoms with Crippen LogP contribution < -0.4 is 14.9 Å². The van der Waals surface area contributed by atoms with Crippen LogP contribution in [0.4, 0.5) is 0 Å². The number of hydrogen-bond acceptors (Lipinski definition) is 4. The van der Waals surface area contributed by atoms with Gasteiger partial charge in [-0.3, -0.25) is 4.79 Å². The second kappa shape index (κ2) is 11.7. The van der Waals surface area contributed by atoms with E-state index in [1.165, 1.54) is 0 Å². The van der Waals surface area contributed by atoms with Crippen LogP contribution in [0.25, 0.3) is 0 Å². The zero-order valence-electron chi connectivity index (χ0n) is 18.4. The average Bonchev–Trinajstić information content (AvgIpc) is 2.88. The summed E-state index contributed by atoms with van der Waals surface area (Å²) in [6.45, 7) is 0.797. The molecule has 0 unspecified atom stereocenters. The van der Waals surface area contributed by atoms with Gasteiger partial charge in [-0.25, -0.2) is 5.43 Å². The lowest BCUT2D eigenvalue weighted by Gasteiger charge is -2.10. The molecule has 0 aliphatic heterocycles. The number of para-hydroxylation sites is 1. The lowest BCUT2D eigenvalue weighted by Crippen LogP contribution is -2.18. The van der Waals surface area contributed by atoms with E-state index in [2.05, 4.69) is 10.5 Å². The van der Waals surface area contributed by atoms with E-state index >= 15 is 0 Å². The van der Waals surface area contributed by atoms with E-state index in [1.807, 2.05) is 84.9 Å². The highest BCUT2D eigenvalue weighted by atomic mass is 35.5. The number of carbonyl (C=O) groups excluding carboxylic acids is 1. The van der Waals surface area contributed by atoms with Crippen LogP contribution in [-0.4, -0.2) is 12.1 Å². The fourth-order valence-electron chi connectivity index (χ4n) is 3.17. The number of benzene rings is 4. The Kier molecular flexibility index (Phi) is 7.93. The first kappa shape index (κ1) is 23.1. The third-order valence-electron chi connectivity index (χ3n) is 4.93. The molecule has 0 aliphatic rings. The second-order valence-corrected chi connectivity index (χ2v) is 7.89. The van der Waals surface area contributed by atoms with Gasteiger partial charge in [-0.05, 0) is 53.1 Å². The zero-order chi connectivity index (χ0) is 23.6. The van der Waals surface area contributed by atoms with Gasteiger partial charge in [-0.15, -0.1) is 0 Å². The first-order valence-corrected chi connectivity index (χ1v) is 11.1. The van der Waals surface area contributed by atoms with Gasteiger partial charge in [-0.2, -0.15) is 5.10 Å². The lowest BCUT2D eigenvalue weighted by atomic mass is 10.2. The van der Waals surface area contributed by atoms with Crippen molar-refractivity contribution in [3.05, 3.63) is 130 Å². The van der Waals surface area contributed by atoms with E-state index in [-0.39, 0.29) is 5.91 Å². The van der Waals surface area contributed by atoms with Crippen molar-refractivity contribution in [2.45, 2.75) is 13.2 Å². The van der Waals surface area contributed by atoms with Crippen molar-refractivity contribution in [3.63, 3.8) is 0 Å². The fourth-order valence-corrected chi connectivity index (χ4v) is 3.30. The molecule has 0 heterocycles. The zero-order valence-corrected chi connectivity index (χ0v) is 19.1. The number of hydrazone groups is 1. The maximum Gasteiger partial charge on any atom is 0.275 e. The summed E-state index contributed by atoms with van der Waals surface area (Å²) in [5.41, 5.74) is 5.81. The molecule has 1 amide bonds. The topological polar surface area (TPSA) is 59.9 Å². The second-order valence-electron chi connectivity index (χ2n) is 7.46. The molecule has 5 nitrogen and oxygen atoms in total. The minimum Gasteiger partial charge on any atom is -0.489 e. The van der Waals surface area contributed by atoms with Gasteiger partial charge in [0.15, 0.2) is 0 Å². The molecule has 4 aromatic rings. The van der Waals surface area contributed by atoms with Gasteiger partial charge in [0.05, 0.1) is 11.8 Å². The van der Waals surface area contributed by atoms with Crippen molar-refractivity contribution < 1.29 is 14.3 Å². The molecule has 0 saturated heterocycles. The minimum absolute atomic E-state index is 0.352. The molecule has 6 heteroatoms. The number of hydrogen-bond donors (Lipinski definition) is 1. The van der Waals surface area contributed by atoms with Crippen LogP contribution in [0, 0.1) is 0 Å². The van der Waals surface area contributed by atoms with E-state index in [4.69, 9.17) is 21.1 Å². The highest BCUT2D eigenvalue weighted by molar-refractivity contribution is 6.30. The number of carbonyl (C=O) groups is 1. The minimum atomic E-state index is -0.352. The summed E-state index contributed by atoms with van der Waals surface area (Å²) in [6.07, 6.45) is 1.57. The molecule has 170 valence electrons. The summed E-state index contributed by atoms with van der Waals surface area (Å²) in [5.74, 6) is 0.844. The van der Waals surface area contributed by atoms with Gasteiger partial charge in [0.1, 0.15) is 24.7 Å². The molecule has 0 fully saturated rings. The predicted molar refractivity (Wildman–Crippen MR) is 135 cm³/mol. The van der Waals surface area contributed by atoms with Gasteiger partial charge in [0.2, 0.25) is 0 Å². The van der Waals surface area contributed by atoms with Crippen molar-refractivity contribution in [1.29, 1.82) is 0 Å².